The van der Waals surface area contributed by atoms with Gasteiger partial charge in [0.15, 0.2) is 5.76 Å². The maximum atomic E-state index is 12.2. The SMILES string of the molecule is O=C(NCCc1nnc2n1CCC2)c1ccc(COc2ccccc2)o1. The van der Waals surface area contributed by atoms with Gasteiger partial charge in [0.05, 0.1) is 0 Å². The van der Waals surface area contributed by atoms with E-state index in [0.29, 0.717) is 18.7 Å². The van der Waals surface area contributed by atoms with Crippen LogP contribution in [0.25, 0.3) is 0 Å². The van der Waals surface area contributed by atoms with E-state index in [0.717, 1.165) is 36.8 Å². The summed E-state index contributed by atoms with van der Waals surface area (Å²) in [6, 6.07) is 12.9. The molecule has 0 saturated heterocycles. The normalized spacial score (nSPS) is 12.8. The third-order valence-electron chi connectivity index (χ3n) is 4.33. The second-order valence-electron chi connectivity index (χ2n) is 6.16. The minimum atomic E-state index is -0.239. The molecule has 1 aliphatic rings. The lowest BCUT2D eigenvalue weighted by Crippen LogP contribution is -2.26. The molecule has 0 saturated carbocycles. The Balaban J connectivity index is 1.26. The van der Waals surface area contributed by atoms with Gasteiger partial charge in [-0.2, -0.15) is 0 Å². The lowest BCUT2D eigenvalue weighted by atomic mass is 10.3. The number of amides is 1. The second kappa shape index (κ2) is 7.43. The number of nitrogens with one attached hydrogen (secondary N) is 1. The van der Waals surface area contributed by atoms with Gasteiger partial charge in [0.25, 0.3) is 5.91 Å². The van der Waals surface area contributed by atoms with Crippen LogP contribution in [0.15, 0.2) is 46.9 Å². The molecule has 0 fully saturated rings. The average molecular weight is 352 g/mol. The summed E-state index contributed by atoms with van der Waals surface area (Å²) in [7, 11) is 0. The zero-order valence-electron chi connectivity index (χ0n) is 14.4. The molecule has 3 aromatic rings. The number of carbonyl (C=O) groups is 1. The van der Waals surface area contributed by atoms with Crippen molar-refractivity contribution in [1.82, 2.24) is 20.1 Å². The van der Waals surface area contributed by atoms with Crippen LogP contribution in [0.2, 0.25) is 0 Å². The van der Waals surface area contributed by atoms with Crippen molar-refractivity contribution in [2.75, 3.05) is 6.54 Å². The van der Waals surface area contributed by atoms with Gasteiger partial charge in [-0.15, -0.1) is 10.2 Å². The Morgan fingerprint density at radius 1 is 1.19 bits per heavy atom. The number of rotatable bonds is 7. The predicted molar refractivity (Wildman–Crippen MR) is 93.9 cm³/mol. The molecule has 0 radical (unpaired) electrons. The van der Waals surface area contributed by atoms with Gasteiger partial charge in [0, 0.05) is 25.9 Å². The number of aryl methyl sites for hydroxylation is 1. The van der Waals surface area contributed by atoms with Gasteiger partial charge in [0.2, 0.25) is 0 Å². The van der Waals surface area contributed by atoms with E-state index in [1.807, 2.05) is 30.3 Å². The average Bonchev–Trinajstić information content (AvgIpc) is 3.39. The van der Waals surface area contributed by atoms with Crippen LogP contribution >= 0.6 is 0 Å². The fourth-order valence-electron chi connectivity index (χ4n) is 3.02. The molecule has 1 N–H and O–H groups in total. The van der Waals surface area contributed by atoms with Crippen molar-refractivity contribution in [3.05, 3.63) is 65.6 Å². The molecule has 1 aromatic carbocycles. The van der Waals surface area contributed by atoms with E-state index >= 15 is 0 Å². The summed E-state index contributed by atoms with van der Waals surface area (Å²) in [6.45, 7) is 1.74. The molecular formula is C19H20N4O3. The van der Waals surface area contributed by atoms with E-state index in [1.54, 1.807) is 12.1 Å². The molecule has 0 bridgehead atoms. The summed E-state index contributed by atoms with van der Waals surface area (Å²) >= 11 is 0. The van der Waals surface area contributed by atoms with E-state index in [2.05, 4.69) is 20.1 Å². The maximum absolute atomic E-state index is 12.2. The number of para-hydroxylation sites is 1. The largest absolute Gasteiger partial charge is 0.486 e. The van der Waals surface area contributed by atoms with Gasteiger partial charge in [-0.3, -0.25) is 4.79 Å². The number of ether oxygens (including phenoxy) is 1. The number of benzene rings is 1. The molecule has 0 spiro atoms. The van der Waals surface area contributed by atoms with Gasteiger partial charge in [-0.1, -0.05) is 18.2 Å². The molecule has 26 heavy (non-hydrogen) atoms. The molecule has 1 aliphatic heterocycles. The Morgan fingerprint density at radius 3 is 2.96 bits per heavy atom. The van der Waals surface area contributed by atoms with E-state index in [-0.39, 0.29) is 18.3 Å². The van der Waals surface area contributed by atoms with Crippen molar-refractivity contribution < 1.29 is 13.9 Å². The van der Waals surface area contributed by atoms with Gasteiger partial charge >= 0.3 is 0 Å². The van der Waals surface area contributed by atoms with Crippen LogP contribution in [0.4, 0.5) is 0 Å². The summed E-state index contributed by atoms with van der Waals surface area (Å²) in [4.78, 5) is 12.2. The minimum absolute atomic E-state index is 0.239. The summed E-state index contributed by atoms with van der Waals surface area (Å²) in [5.41, 5.74) is 0. The third-order valence-corrected chi connectivity index (χ3v) is 4.33. The molecule has 1 amide bonds. The number of hydrogen-bond donors (Lipinski definition) is 1. The van der Waals surface area contributed by atoms with E-state index in [4.69, 9.17) is 9.15 Å². The summed E-state index contributed by atoms with van der Waals surface area (Å²) in [5, 5.41) is 11.2. The molecule has 4 rings (SSSR count). The number of carbonyl (C=O) groups excluding carboxylic acids is 1. The Bertz CT molecular complexity index is 885. The van der Waals surface area contributed by atoms with Crippen LogP contribution < -0.4 is 10.1 Å². The third kappa shape index (κ3) is 3.61. The Labute approximate surface area is 151 Å². The summed E-state index contributed by atoms with van der Waals surface area (Å²) in [6.07, 6.45) is 2.76. The van der Waals surface area contributed by atoms with Crippen molar-refractivity contribution >= 4 is 5.91 Å². The Kier molecular flexibility index (Phi) is 4.68. The number of aromatic nitrogens is 3. The monoisotopic (exact) mass is 352 g/mol. The highest BCUT2D eigenvalue weighted by Crippen LogP contribution is 2.15. The Hall–Kier alpha value is -3.09. The predicted octanol–water partition coefficient (Wildman–Crippen LogP) is 2.37. The summed E-state index contributed by atoms with van der Waals surface area (Å²) < 4.78 is 13.3. The van der Waals surface area contributed by atoms with Gasteiger partial charge in [-0.05, 0) is 30.7 Å². The molecule has 2 aromatic heterocycles. The van der Waals surface area contributed by atoms with Gasteiger partial charge < -0.3 is 19.0 Å². The standard InChI is InChI=1S/C19H20N4O3/c24-19(20-11-10-18-22-21-17-7-4-12-23(17)18)16-9-8-15(26-16)13-25-14-5-2-1-3-6-14/h1-3,5-6,8-9H,4,7,10-13H2,(H,20,24). The lowest BCUT2D eigenvalue weighted by molar-refractivity contribution is 0.0922. The molecule has 134 valence electrons. The highest BCUT2D eigenvalue weighted by Gasteiger charge is 2.17. The van der Waals surface area contributed by atoms with Crippen LogP contribution in [0.1, 0.15) is 34.4 Å². The number of nitrogens with zero attached hydrogens (tertiary/aromatic N) is 3. The van der Waals surface area contributed by atoms with Crippen LogP contribution in [0, 0.1) is 0 Å². The molecule has 0 aliphatic carbocycles. The summed E-state index contributed by atoms with van der Waals surface area (Å²) in [5.74, 6) is 3.37. The first-order valence-electron chi connectivity index (χ1n) is 8.75. The fourth-order valence-corrected chi connectivity index (χ4v) is 3.02. The van der Waals surface area contributed by atoms with Gasteiger partial charge in [0.1, 0.15) is 29.8 Å². The van der Waals surface area contributed by atoms with Crippen molar-refractivity contribution in [1.29, 1.82) is 0 Å². The molecule has 3 heterocycles. The molecular weight excluding hydrogens is 332 g/mol. The van der Waals surface area contributed by atoms with E-state index in [9.17, 15) is 4.79 Å². The van der Waals surface area contributed by atoms with Crippen molar-refractivity contribution in [2.45, 2.75) is 32.4 Å². The van der Waals surface area contributed by atoms with Crippen LogP contribution in [0.3, 0.4) is 0 Å². The van der Waals surface area contributed by atoms with Crippen LogP contribution in [-0.4, -0.2) is 27.2 Å². The first kappa shape index (κ1) is 16.4. The fraction of sp³-hybridized carbons (Fsp3) is 0.316. The highest BCUT2D eigenvalue weighted by atomic mass is 16.5. The van der Waals surface area contributed by atoms with Crippen molar-refractivity contribution in [3.8, 4) is 5.75 Å². The highest BCUT2D eigenvalue weighted by molar-refractivity contribution is 5.91. The quantitative estimate of drug-likeness (QED) is 0.706. The van der Waals surface area contributed by atoms with E-state index < -0.39 is 0 Å². The van der Waals surface area contributed by atoms with Crippen molar-refractivity contribution in [3.63, 3.8) is 0 Å². The lowest BCUT2D eigenvalue weighted by Gasteiger charge is -2.05. The zero-order chi connectivity index (χ0) is 17.8. The van der Waals surface area contributed by atoms with Gasteiger partial charge in [-0.25, -0.2) is 0 Å². The Morgan fingerprint density at radius 2 is 2.08 bits per heavy atom. The number of furan rings is 1. The molecule has 7 heteroatoms. The van der Waals surface area contributed by atoms with Crippen LogP contribution in [0.5, 0.6) is 5.75 Å². The molecule has 0 atom stereocenters. The van der Waals surface area contributed by atoms with Crippen LogP contribution in [-0.2, 0) is 26.0 Å². The van der Waals surface area contributed by atoms with E-state index in [1.165, 1.54) is 0 Å². The first-order chi connectivity index (χ1) is 12.8. The van der Waals surface area contributed by atoms with Crippen molar-refractivity contribution in [2.24, 2.45) is 0 Å². The molecule has 0 unspecified atom stereocenters. The first-order valence-corrected chi connectivity index (χ1v) is 8.75. The number of fused-ring (bicyclic) bond motifs is 1. The maximum Gasteiger partial charge on any atom is 0.287 e. The second-order valence-corrected chi connectivity index (χ2v) is 6.16. The molecule has 7 nitrogen and oxygen atoms in total. The minimum Gasteiger partial charge on any atom is -0.486 e. The topological polar surface area (TPSA) is 82.2 Å². The zero-order valence-corrected chi connectivity index (χ0v) is 14.4. The number of hydrogen-bond acceptors (Lipinski definition) is 5. The smallest absolute Gasteiger partial charge is 0.287 e.